The number of amides is 2. The molecule has 2 bridgehead atoms. The SMILES string of the molecule is CCOC(=O)[C@H]1[C@@H]2SC3(CC2Br)C(C(=O)Nc2c(C)cccc2Cl)N([C@@H](CO)CC(C)C)C(=O)[C@H]13. The van der Waals surface area contributed by atoms with E-state index in [2.05, 4.69) is 21.2 Å². The lowest BCUT2D eigenvalue weighted by atomic mass is 9.71. The van der Waals surface area contributed by atoms with Gasteiger partial charge in [-0.15, -0.1) is 11.8 Å². The number of halogens is 2. The largest absolute Gasteiger partial charge is 0.466 e. The number of hydrogen-bond donors (Lipinski definition) is 2. The standard InChI is InChI=1S/C25H32BrClN2O5S/c1-5-34-24(33)17-18-23(32)29(14(11-30)9-12(2)3)21(25(18)10-15(26)20(17)35-25)22(31)28-19-13(4)7-6-8-16(19)27/h6-8,12,14-15,17-18,20-21,30H,5,9-11H2,1-4H3,(H,28,31)/t14-,15?,17-,18+,20-,21?,25?/m1/s1. The Balaban J connectivity index is 1.80. The lowest BCUT2D eigenvalue weighted by Crippen LogP contribution is -2.55. The van der Waals surface area contributed by atoms with E-state index in [9.17, 15) is 19.5 Å². The summed E-state index contributed by atoms with van der Waals surface area (Å²) in [6, 6.07) is 3.98. The van der Waals surface area contributed by atoms with Crippen LogP contribution >= 0.6 is 39.3 Å². The number of hydrogen-bond acceptors (Lipinski definition) is 6. The zero-order valence-electron chi connectivity index (χ0n) is 20.3. The van der Waals surface area contributed by atoms with Crippen LogP contribution in [0.5, 0.6) is 0 Å². The summed E-state index contributed by atoms with van der Waals surface area (Å²) in [5, 5.41) is 13.6. The highest BCUT2D eigenvalue weighted by atomic mass is 79.9. The van der Waals surface area contributed by atoms with Crippen LogP contribution < -0.4 is 5.32 Å². The van der Waals surface area contributed by atoms with Crippen LogP contribution in [0, 0.1) is 24.7 Å². The Bertz CT molecular complexity index is 1010. The van der Waals surface area contributed by atoms with Crippen molar-refractivity contribution in [2.75, 3.05) is 18.5 Å². The van der Waals surface area contributed by atoms with E-state index in [1.807, 2.05) is 32.9 Å². The highest BCUT2D eigenvalue weighted by Gasteiger charge is 2.76. The maximum Gasteiger partial charge on any atom is 0.310 e. The summed E-state index contributed by atoms with van der Waals surface area (Å²) in [7, 11) is 0. The van der Waals surface area contributed by atoms with Gasteiger partial charge in [-0.2, -0.15) is 0 Å². The molecule has 3 fully saturated rings. The number of thioether (sulfide) groups is 1. The molecule has 35 heavy (non-hydrogen) atoms. The Morgan fingerprint density at radius 1 is 1.40 bits per heavy atom. The molecule has 2 amide bonds. The predicted octanol–water partition coefficient (Wildman–Crippen LogP) is 4.02. The first-order valence-corrected chi connectivity index (χ1v) is 14.2. The topological polar surface area (TPSA) is 95.9 Å². The van der Waals surface area contributed by atoms with Gasteiger partial charge in [0.2, 0.25) is 11.8 Å². The average molecular weight is 588 g/mol. The van der Waals surface area contributed by atoms with Gasteiger partial charge in [-0.05, 0) is 44.2 Å². The van der Waals surface area contributed by atoms with Crippen LogP contribution in [0.1, 0.15) is 39.2 Å². The fraction of sp³-hybridized carbons (Fsp3) is 0.640. The van der Waals surface area contributed by atoms with Crippen molar-refractivity contribution < 1.29 is 24.2 Å². The molecule has 7 atom stereocenters. The van der Waals surface area contributed by atoms with Crippen LogP contribution in [-0.4, -0.2) is 67.9 Å². The number of alkyl halides is 1. The minimum absolute atomic E-state index is 0.0408. The van der Waals surface area contributed by atoms with Gasteiger partial charge in [0.15, 0.2) is 0 Å². The molecule has 10 heteroatoms. The van der Waals surface area contributed by atoms with Gasteiger partial charge in [-0.1, -0.05) is 53.5 Å². The quantitative estimate of drug-likeness (QED) is 0.352. The molecule has 3 aliphatic rings. The van der Waals surface area contributed by atoms with E-state index in [1.165, 1.54) is 0 Å². The molecular weight excluding hydrogens is 556 g/mol. The number of aliphatic hydroxyl groups excluding tert-OH is 1. The summed E-state index contributed by atoms with van der Waals surface area (Å²) in [5.41, 5.74) is 1.31. The number of anilines is 1. The summed E-state index contributed by atoms with van der Waals surface area (Å²) in [4.78, 5) is 42.7. The van der Waals surface area contributed by atoms with E-state index in [-0.39, 0.29) is 41.0 Å². The van der Waals surface area contributed by atoms with Gasteiger partial charge in [-0.25, -0.2) is 0 Å². The highest BCUT2D eigenvalue weighted by Crippen LogP contribution is 2.68. The number of para-hydroxylation sites is 1. The highest BCUT2D eigenvalue weighted by molar-refractivity contribution is 9.09. The normalized spacial score (nSPS) is 32.2. The van der Waals surface area contributed by atoms with E-state index < -0.39 is 34.6 Å². The fourth-order valence-corrected chi connectivity index (χ4v) is 9.93. The van der Waals surface area contributed by atoms with Crippen LogP contribution in [0.15, 0.2) is 18.2 Å². The Kier molecular flexibility index (Phi) is 7.82. The van der Waals surface area contributed by atoms with Gasteiger partial charge in [-0.3, -0.25) is 14.4 Å². The summed E-state index contributed by atoms with van der Waals surface area (Å²) in [6.45, 7) is 7.59. The number of carbonyl (C=O) groups is 3. The zero-order chi connectivity index (χ0) is 25.7. The number of esters is 1. The second kappa shape index (κ2) is 10.2. The molecule has 0 aromatic heterocycles. The molecule has 192 valence electrons. The molecule has 7 nitrogen and oxygen atoms in total. The van der Waals surface area contributed by atoms with Crippen molar-refractivity contribution in [1.29, 1.82) is 0 Å². The Morgan fingerprint density at radius 2 is 2.11 bits per heavy atom. The van der Waals surface area contributed by atoms with Gasteiger partial charge in [0.05, 0.1) is 46.5 Å². The van der Waals surface area contributed by atoms with Crippen LogP contribution in [0.4, 0.5) is 5.69 Å². The van der Waals surface area contributed by atoms with Gasteiger partial charge >= 0.3 is 5.97 Å². The van der Waals surface area contributed by atoms with Gasteiger partial charge in [0.25, 0.3) is 0 Å². The molecule has 3 unspecified atom stereocenters. The van der Waals surface area contributed by atoms with Crippen molar-refractivity contribution in [1.82, 2.24) is 4.90 Å². The van der Waals surface area contributed by atoms with Crippen molar-refractivity contribution in [2.45, 2.75) is 67.4 Å². The Hall–Kier alpha value is -1.29. The lowest BCUT2D eigenvalue weighted by Gasteiger charge is -2.38. The predicted molar refractivity (Wildman–Crippen MR) is 141 cm³/mol. The third-order valence-electron chi connectivity index (χ3n) is 7.35. The minimum Gasteiger partial charge on any atom is -0.466 e. The van der Waals surface area contributed by atoms with Gasteiger partial charge < -0.3 is 20.1 Å². The van der Waals surface area contributed by atoms with Gasteiger partial charge in [0, 0.05) is 10.1 Å². The van der Waals surface area contributed by atoms with E-state index in [0.29, 0.717) is 23.6 Å². The number of nitrogens with zero attached hydrogens (tertiary/aromatic N) is 1. The van der Waals surface area contributed by atoms with E-state index in [4.69, 9.17) is 16.3 Å². The molecule has 1 aromatic carbocycles. The minimum atomic E-state index is -0.860. The number of fused-ring (bicyclic) bond motifs is 1. The van der Waals surface area contributed by atoms with Crippen molar-refractivity contribution in [2.24, 2.45) is 17.8 Å². The average Bonchev–Trinajstić information content (AvgIpc) is 3.38. The molecule has 4 rings (SSSR count). The van der Waals surface area contributed by atoms with Crippen LogP contribution in [-0.2, 0) is 19.1 Å². The van der Waals surface area contributed by atoms with Gasteiger partial charge in [0.1, 0.15) is 6.04 Å². The fourth-order valence-electron chi connectivity index (χ4n) is 6.07. The van der Waals surface area contributed by atoms with E-state index in [1.54, 1.807) is 29.7 Å². The molecule has 1 aromatic rings. The first-order valence-electron chi connectivity index (χ1n) is 12.0. The second-order valence-corrected chi connectivity index (χ2v) is 13.2. The van der Waals surface area contributed by atoms with Crippen molar-refractivity contribution in [3.05, 3.63) is 28.8 Å². The first kappa shape index (κ1) is 26.8. The van der Waals surface area contributed by atoms with Crippen LogP contribution in [0.2, 0.25) is 5.02 Å². The molecule has 0 saturated carbocycles. The van der Waals surface area contributed by atoms with E-state index in [0.717, 1.165) is 5.56 Å². The molecular formula is C25H32BrClN2O5S. The van der Waals surface area contributed by atoms with E-state index >= 15 is 0 Å². The zero-order valence-corrected chi connectivity index (χ0v) is 23.5. The third kappa shape index (κ3) is 4.40. The second-order valence-electron chi connectivity index (χ2n) is 10.0. The molecule has 2 N–H and O–H groups in total. The number of aryl methyl sites for hydroxylation is 1. The van der Waals surface area contributed by atoms with Crippen molar-refractivity contribution in [3.63, 3.8) is 0 Å². The number of rotatable bonds is 8. The molecule has 3 heterocycles. The summed E-state index contributed by atoms with van der Waals surface area (Å²) < 4.78 is 4.57. The maximum atomic E-state index is 14.1. The number of nitrogens with one attached hydrogen (secondary N) is 1. The number of benzene rings is 1. The Morgan fingerprint density at radius 3 is 2.71 bits per heavy atom. The molecule has 1 spiro atoms. The smallest absolute Gasteiger partial charge is 0.310 e. The summed E-state index contributed by atoms with van der Waals surface area (Å²) in [5.74, 6) is -2.14. The first-order chi connectivity index (χ1) is 16.6. The summed E-state index contributed by atoms with van der Waals surface area (Å²) >= 11 is 11.7. The maximum absolute atomic E-state index is 14.1. The third-order valence-corrected chi connectivity index (χ3v) is 10.9. The lowest BCUT2D eigenvalue weighted by molar-refractivity contribution is -0.154. The van der Waals surface area contributed by atoms with Crippen molar-refractivity contribution >= 4 is 62.8 Å². The molecule has 0 aliphatic carbocycles. The number of aliphatic hydroxyl groups is 1. The van der Waals surface area contributed by atoms with Crippen LogP contribution in [0.25, 0.3) is 0 Å². The monoisotopic (exact) mass is 586 g/mol. The molecule has 3 aliphatic heterocycles. The van der Waals surface area contributed by atoms with Crippen LogP contribution in [0.3, 0.4) is 0 Å². The number of ether oxygens (including phenoxy) is 1. The molecule has 0 radical (unpaired) electrons. The number of likely N-dealkylation sites (tertiary alicyclic amines) is 1. The number of carbonyl (C=O) groups excluding carboxylic acids is 3. The Labute approximate surface area is 223 Å². The molecule has 3 saturated heterocycles. The summed E-state index contributed by atoms with van der Waals surface area (Å²) in [6.07, 6.45) is 1.10. The van der Waals surface area contributed by atoms with Crippen molar-refractivity contribution in [3.8, 4) is 0 Å².